The Hall–Kier alpha value is -2.42. The van der Waals surface area contributed by atoms with E-state index in [1.54, 1.807) is 0 Å². The number of hydrogen-bond acceptors (Lipinski definition) is 2. The lowest BCUT2D eigenvalue weighted by Gasteiger charge is -2.37. The van der Waals surface area contributed by atoms with E-state index in [2.05, 4.69) is 96.0 Å². The maximum atomic E-state index is 3.67. The Morgan fingerprint density at radius 1 is 0.828 bits per heavy atom. The molecule has 2 nitrogen and oxygen atoms in total. The van der Waals surface area contributed by atoms with E-state index >= 15 is 0 Å². The standard InChI is InChI=1S/C27H32N2/c1-2-22-11-8-12-24(17-22)20-28-15-16-29-21-26-14-7-6-13-25(26)19-27(29)18-23-9-4-3-5-10-23/h3-14,17,27-28H,2,15-16,18-21H2,1H3. The van der Waals surface area contributed by atoms with E-state index in [1.165, 1.54) is 27.8 Å². The molecule has 3 aromatic rings. The summed E-state index contributed by atoms with van der Waals surface area (Å²) in [7, 11) is 0. The SMILES string of the molecule is CCc1cccc(CNCCN2Cc3ccccc3CC2Cc2ccccc2)c1. The Kier molecular flexibility index (Phi) is 6.76. The molecule has 1 N–H and O–H groups in total. The summed E-state index contributed by atoms with van der Waals surface area (Å²) in [6.07, 6.45) is 3.36. The molecule has 150 valence electrons. The van der Waals surface area contributed by atoms with E-state index in [-0.39, 0.29) is 0 Å². The molecule has 1 aliphatic rings. The number of aryl methyl sites for hydroxylation is 1. The maximum Gasteiger partial charge on any atom is 0.0240 e. The van der Waals surface area contributed by atoms with Crippen molar-refractivity contribution in [3.63, 3.8) is 0 Å². The van der Waals surface area contributed by atoms with Crippen molar-refractivity contribution in [2.24, 2.45) is 0 Å². The van der Waals surface area contributed by atoms with Crippen molar-refractivity contribution in [3.05, 3.63) is 107 Å². The minimum Gasteiger partial charge on any atom is -0.311 e. The zero-order valence-corrected chi connectivity index (χ0v) is 17.5. The van der Waals surface area contributed by atoms with E-state index < -0.39 is 0 Å². The van der Waals surface area contributed by atoms with Gasteiger partial charge in [0.05, 0.1) is 0 Å². The fraction of sp³-hybridized carbons (Fsp3) is 0.333. The van der Waals surface area contributed by atoms with Crippen LogP contribution in [0.1, 0.15) is 34.7 Å². The lowest BCUT2D eigenvalue weighted by molar-refractivity contribution is 0.170. The molecule has 1 atom stereocenters. The zero-order valence-electron chi connectivity index (χ0n) is 17.5. The molecule has 0 spiro atoms. The third-order valence-electron chi connectivity index (χ3n) is 6.08. The van der Waals surface area contributed by atoms with E-state index in [4.69, 9.17) is 0 Å². The summed E-state index contributed by atoms with van der Waals surface area (Å²) in [5, 5.41) is 3.67. The highest BCUT2D eigenvalue weighted by Gasteiger charge is 2.25. The second-order valence-corrected chi connectivity index (χ2v) is 8.14. The Labute approximate surface area is 175 Å². The predicted molar refractivity (Wildman–Crippen MR) is 122 cm³/mol. The number of fused-ring (bicyclic) bond motifs is 1. The van der Waals surface area contributed by atoms with Gasteiger partial charge >= 0.3 is 0 Å². The van der Waals surface area contributed by atoms with Gasteiger partial charge in [-0.1, -0.05) is 85.8 Å². The summed E-state index contributed by atoms with van der Waals surface area (Å²) in [4.78, 5) is 2.67. The number of nitrogens with zero attached hydrogens (tertiary/aromatic N) is 1. The Bertz CT molecular complexity index is 903. The summed E-state index contributed by atoms with van der Waals surface area (Å²) < 4.78 is 0. The number of rotatable bonds is 8. The second kappa shape index (κ2) is 9.87. The van der Waals surface area contributed by atoms with Crippen molar-refractivity contribution in [1.29, 1.82) is 0 Å². The van der Waals surface area contributed by atoms with Crippen LogP contribution in [0.2, 0.25) is 0 Å². The molecule has 0 aliphatic carbocycles. The van der Waals surface area contributed by atoms with Gasteiger partial charge < -0.3 is 5.32 Å². The Morgan fingerprint density at radius 2 is 1.55 bits per heavy atom. The quantitative estimate of drug-likeness (QED) is 0.549. The molecule has 1 heterocycles. The van der Waals surface area contributed by atoms with Crippen molar-refractivity contribution in [2.45, 2.75) is 45.3 Å². The Morgan fingerprint density at radius 3 is 2.38 bits per heavy atom. The third-order valence-corrected chi connectivity index (χ3v) is 6.08. The lowest BCUT2D eigenvalue weighted by Crippen LogP contribution is -2.44. The van der Waals surface area contributed by atoms with Gasteiger partial charge in [0.15, 0.2) is 0 Å². The molecule has 0 radical (unpaired) electrons. The van der Waals surface area contributed by atoms with Crippen LogP contribution >= 0.6 is 0 Å². The molecule has 0 saturated carbocycles. The van der Waals surface area contributed by atoms with Gasteiger partial charge in [-0.2, -0.15) is 0 Å². The van der Waals surface area contributed by atoms with E-state index in [1.807, 2.05) is 0 Å². The van der Waals surface area contributed by atoms with Gasteiger partial charge in [-0.15, -0.1) is 0 Å². The fourth-order valence-corrected chi connectivity index (χ4v) is 4.41. The molecule has 0 fully saturated rings. The molecule has 4 rings (SSSR count). The molecule has 29 heavy (non-hydrogen) atoms. The minimum atomic E-state index is 0.567. The number of benzene rings is 3. The highest BCUT2D eigenvalue weighted by molar-refractivity contribution is 5.31. The monoisotopic (exact) mass is 384 g/mol. The molecule has 1 unspecified atom stereocenters. The Balaban J connectivity index is 1.37. The first-order valence-electron chi connectivity index (χ1n) is 10.9. The molecular formula is C27H32N2. The molecule has 0 bridgehead atoms. The summed E-state index contributed by atoms with van der Waals surface area (Å²) >= 11 is 0. The minimum absolute atomic E-state index is 0.567. The lowest BCUT2D eigenvalue weighted by atomic mass is 9.90. The van der Waals surface area contributed by atoms with Crippen LogP contribution in [-0.4, -0.2) is 24.0 Å². The van der Waals surface area contributed by atoms with Gasteiger partial charge in [0, 0.05) is 32.2 Å². The van der Waals surface area contributed by atoms with E-state index in [9.17, 15) is 0 Å². The van der Waals surface area contributed by atoms with E-state index in [0.29, 0.717) is 6.04 Å². The number of nitrogens with one attached hydrogen (secondary N) is 1. The van der Waals surface area contributed by atoms with Crippen LogP contribution in [-0.2, 0) is 32.4 Å². The van der Waals surface area contributed by atoms with Crippen molar-refractivity contribution in [1.82, 2.24) is 10.2 Å². The van der Waals surface area contributed by atoms with Gasteiger partial charge in [-0.25, -0.2) is 0 Å². The maximum absolute atomic E-state index is 3.67. The van der Waals surface area contributed by atoms with Crippen LogP contribution in [0.3, 0.4) is 0 Å². The topological polar surface area (TPSA) is 15.3 Å². The highest BCUT2D eigenvalue weighted by Crippen LogP contribution is 2.25. The molecule has 0 aromatic heterocycles. The smallest absolute Gasteiger partial charge is 0.0240 e. The first kappa shape index (κ1) is 19.9. The predicted octanol–water partition coefficient (Wildman–Crippen LogP) is 5.01. The van der Waals surface area contributed by atoms with Crippen LogP contribution in [0, 0.1) is 0 Å². The second-order valence-electron chi connectivity index (χ2n) is 8.14. The summed E-state index contributed by atoms with van der Waals surface area (Å²) in [6, 6.07) is 29.4. The van der Waals surface area contributed by atoms with Crippen LogP contribution < -0.4 is 5.32 Å². The first-order chi connectivity index (χ1) is 14.3. The van der Waals surface area contributed by atoms with Gasteiger partial charge in [-0.05, 0) is 47.1 Å². The van der Waals surface area contributed by atoms with Crippen LogP contribution in [0.25, 0.3) is 0 Å². The summed E-state index contributed by atoms with van der Waals surface area (Å²) in [6.45, 7) is 6.32. The van der Waals surface area contributed by atoms with Crippen molar-refractivity contribution >= 4 is 0 Å². The summed E-state index contributed by atoms with van der Waals surface area (Å²) in [5.74, 6) is 0. The van der Waals surface area contributed by atoms with Crippen LogP contribution in [0.15, 0.2) is 78.9 Å². The molecular weight excluding hydrogens is 352 g/mol. The summed E-state index contributed by atoms with van der Waals surface area (Å²) in [5.41, 5.74) is 7.25. The van der Waals surface area contributed by atoms with Gasteiger partial charge in [0.2, 0.25) is 0 Å². The molecule has 2 heteroatoms. The van der Waals surface area contributed by atoms with Crippen LogP contribution in [0.4, 0.5) is 0 Å². The zero-order chi connectivity index (χ0) is 19.9. The average Bonchev–Trinajstić information content (AvgIpc) is 2.77. The molecule has 3 aromatic carbocycles. The van der Waals surface area contributed by atoms with Crippen molar-refractivity contribution < 1.29 is 0 Å². The number of hydrogen-bond donors (Lipinski definition) is 1. The van der Waals surface area contributed by atoms with Gasteiger partial charge in [0.25, 0.3) is 0 Å². The molecule has 1 aliphatic heterocycles. The largest absolute Gasteiger partial charge is 0.311 e. The van der Waals surface area contributed by atoms with E-state index in [0.717, 1.165) is 45.4 Å². The fourth-order valence-electron chi connectivity index (χ4n) is 4.41. The van der Waals surface area contributed by atoms with Crippen molar-refractivity contribution in [3.8, 4) is 0 Å². The van der Waals surface area contributed by atoms with Gasteiger partial charge in [-0.3, -0.25) is 4.90 Å². The molecule has 0 amide bonds. The first-order valence-corrected chi connectivity index (χ1v) is 10.9. The highest BCUT2D eigenvalue weighted by atomic mass is 15.2. The molecule has 0 saturated heterocycles. The normalized spacial score (nSPS) is 16.5. The van der Waals surface area contributed by atoms with Crippen molar-refractivity contribution in [2.75, 3.05) is 13.1 Å². The van der Waals surface area contributed by atoms with Gasteiger partial charge in [0.1, 0.15) is 0 Å². The average molecular weight is 385 g/mol. The third kappa shape index (κ3) is 5.35. The van der Waals surface area contributed by atoms with Crippen LogP contribution in [0.5, 0.6) is 0 Å².